The summed E-state index contributed by atoms with van der Waals surface area (Å²) in [7, 11) is 0. The summed E-state index contributed by atoms with van der Waals surface area (Å²) in [6.45, 7) is -0.329. The van der Waals surface area contributed by atoms with E-state index in [1.807, 2.05) is 0 Å². The Morgan fingerprint density at radius 3 is 2.81 bits per heavy atom. The third-order valence-corrected chi connectivity index (χ3v) is 1.77. The molecule has 1 aromatic rings. The summed E-state index contributed by atoms with van der Waals surface area (Å²) in [6, 6.07) is 1.41. The number of hydrogen-bond acceptors (Lipinski definition) is 5. The van der Waals surface area contributed by atoms with Crippen LogP contribution in [0.25, 0.3) is 0 Å². The van der Waals surface area contributed by atoms with Crippen molar-refractivity contribution in [2.75, 3.05) is 11.9 Å². The molecule has 16 heavy (non-hydrogen) atoms. The summed E-state index contributed by atoms with van der Waals surface area (Å²) in [4.78, 5) is 24.9. The van der Waals surface area contributed by atoms with Gasteiger partial charge in [-0.25, -0.2) is 0 Å². The SMILES string of the molecule is N=C(C(N)=O)c1ccncc1NCC(=O)O. The number of carbonyl (C=O) groups is 2. The predicted molar refractivity (Wildman–Crippen MR) is 56.4 cm³/mol. The third-order valence-electron chi connectivity index (χ3n) is 1.77. The van der Waals surface area contributed by atoms with Crippen LogP contribution in [0.3, 0.4) is 0 Å². The lowest BCUT2D eigenvalue weighted by atomic mass is 10.1. The number of primary amides is 1. The molecule has 7 heteroatoms. The zero-order valence-electron chi connectivity index (χ0n) is 8.23. The molecule has 5 N–H and O–H groups in total. The van der Waals surface area contributed by atoms with Gasteiger partial charge in [0.1, 0.15) is 12.3 Å². The molecule has 1 amide bonds. The van der Waals surface area contributed by atoms with E-state index in [4.69, 9.17) is 16.2 Å². The van der Waals surface area contributed by atoms with Crippen LogP contribution < -0.4 is 11.1 Å². The topological polar surface area (TPSA) is 129 Å². The van der Waals surface area contributed by atoms with Gasteiger partial charge < -0.3 is 16.2 Å². The maximum atomic E-state index is 10.8. The van der Waals surface area contributed by atoms with Gasteiger partial charge >= 0.3 is 5.97 Å². The molecule has 0 fully saturated rings. The highest BCUT2D eigenvalue weighted by atomic mass is 16.4. The number of carboxylic acid groups (broad SMARTS) is 1. The van der Waals surface area contributed by atoms with Crippen molar-refractivity contribution in [2.24, 2.45) is 5.73 Å². The van der Waals surface area contributed by atoms with Crippen LogP contribution in [-0.2, 0) is 9.59 Å². The number of hydrogen-bond donors (Lipinski definition) is 4. The van der Waals surface area contributed by atoms with Gasteiger partial charge in [-0.3, -0.25) is 20.0 Å². The molecule has 1 heterocycles. The number of rotatable bonds is 5. The number of amides is 1. The third kappa shape index (κ3) is 2.77. The summed E-state index contributed by atoms with van der Waals surface area (Å²) in [6.07, 6.45) is 2.72. The van der Waals surface area contributed by atoms with Crippen LogP contribution in [0.4, 0.5) is 5.69 Å². The Bertz CT molecular complexity index is 444. The van der Waals surface area contributed by atoms with Crippen LogP contribution in [0.2, 0.25) is 0 Å². The van der Waals surface area contributed by atoms with Crippen molar-refractivity contribution >= 4 is 23.3 Å². The van der Waals surface area contributed by atoms with Gasteiger partial charge in [-0.05, 0) is 6.07 Å². The molecule has 0 aliphatic heterocycles. The molecule has 0 saturated carbocycles. The number of nitrogens with one attached hydrogen (secondary N) is 2. The highest BCUT2D eigenvalue weighted by Crippen LogP contribution is 2.13. The summed E-state index contributed by atoms with van der Waals surface area (Å²) in [5.41, 5.74) is 5.08. The van der Waals surface area contributed by atoms with Crippen molar-refractivity contribution in [1.82, 2.24) is 4.98 Å². The highest BCUT2D eigenvalue weighted by molar-refractivity contribution is 6.44. The largest absolute Gasteiger partial charge is 0.480 e. The maximum absolute atomic E-state index is 10.8. The lowest BCUT2D eigenvalue weighted by Gasteiger charge is -2.08. The molecule has 0 aliphatic carbocycles. The second-order valence-corrected chi connectivity index (χ2v) is 2.91. The summed E-state index contributed by atoms with van der Waals surface area (Å²) < 4.78 is 0. The number of aliphatic carboxylic acids is 1. The maximum Gasteiger partial charge on any atom is 0.322 e. The zero-order valence-corrected chi connectivity index (χ0v) is 8.23. The van der Waals surface area contributed by atoms with E-state index < -0.39 is 17.6 Å². The number of carboxylic acids is 1. The van der Waals surface area contributed by atoms with Gasteiger partial charge in [0.2, 0.25) is 0 Å². The fourth-order valence-electron chi connectivity index (χ4n) is 1.06. The Hall–Kier alpha value is -2.44. The van der Waals surface area contributed by atoms with Crippen LogP contribution in [-0.4, -0.2) is 34.2 Å². The second-order valence-electron chi connectivity index (χ2n) is 2.91. The van der Waals surface area contributed by atoms with Crippen molar-refractivity contribution in [2.45, 2.75) is 0 Å². The molecule has 0 aromatic carbocycles. The molecule has 84 valence electrons. The number of nitrogens with zero attached hydrogens (tertiary/aromatic N) is 1. The quantitative estimate of drug-likeness (QED) is 0.496. The highest BCUT2D eigenvalue weighted by Gasteiger charge is 2.12. The van der Waals surface area contributed by atoms with E-state index in [0.29, 0.717) is 0 Å². The molecule has 0 radical (unpaired) electrons. The predicted octanol–water partition coefficient (Wildman–Crippen LogP) is -0.569. The normalized spacial score (nSPS) is 9.50. The average molecular weight is 222 g/mol. The van der Waals surface area contributed by atoms with Gasteiger partial charge in [-0.1, -0.05) is 0 Å². The first-order chi connectivity index (χ1) is 7.52. The van der Waals surface area contributed by atoms with E-state index >= 15 is 0 Å². The Morgan fingerprint density at radius 1 is 1.56 bits per heavy atom. The fourth-order valence-corrected chi connectivity index (χ4v) is 1.06. The Kier molecular flexibility index (Phi) is 3.54. The van der Waals surface area contributed by atoms with Crippen molar-refractivity contribution in [3.8, 4) is 0 Å². The van der Waals surface area contributed by atoms with Crippen molar-refractivity contribution in [3.05, 3.63) is 24.0 Å². The first kappa shape index (κ1) is 11.6. The van der Waals surface area contributed by atoms with Gasteiger partial charge in [0.05, 0.1) is 11.9 Å². The van der Waals surface area contributed by atoms with E-state index in [2.05, 4.69) is 10.3 Å². The molecule has 1 rings (SSSR count). The minimum absolute atomic E-state index is 0.226. The molecule has 7 nitrogen and oxygen atoms in total. The molecular weight excluding hydrogens is 212 g/mol. The number of nitrogens with two attached hydrogens (primary N) is 1. The van der Waals surface area contributed by atoms with Gasteiger partial charge in [-0.15, -0.1) is 0 Å². The standard InChI is InChI=1S/C9H10N4O3/c10-8(9(11)16)5-1-2-12-3-6(5)13-4-7(14)15/h1-3,10,13H,4H2,(H2,11,16)(H,14,15). The van der Waals surface area contributed by atoms with Crippen molar-refractivity contribution in [1.29, 1.82) is 5.41 Å². The minimum Gasteiger partial charge on any atom is -0.480 e. The molecule has 0 aliphatic rings. The number of anilines is 1. The molecule has 1 aromatic heterocycles. The summed E-state index contributed by atoms with van der Waals surface area (Å²) in [5, 5.41) is 18.4. The molecular formula is C9H10N4O3. The minimum atomic E-state index is -1.06. The molecule has 0 atom stereocenters. The molecule has 0 bridgehead atoms. The van der Waals surface area contributed by atoms with Crippen LogP contribution in [0.15, 0.2) is 18.5 Å². The smallest absolute Gasteiger partial charge is 0.322 e. The van der Waals surface area contributed by atoms with E-state index in [0.717, 1.165) is 0 Å². The summed E-state index contributed by atoms with van der Waals surface area (Å²) >= 11 is 0. The second kappa shape index (κ2) is 4.87. The van der Waals surface area contributed by atoms with E-state index in [1.165, 1.54) is 18.5 Å². The van der Waals surface area contributed by atoms with Crippen LogP contribution >= 0.6 is 0 Å². The van der Waals surface area contributed by atoms with Crippen LogP contribution in [0, 0.1) is 5.41 Å². The fraction of sp³-hybridized carbons (Fsp3) is 0.111. The Morgan fingerprint density at radius 2 is 2.25 bits per heavy atom. The Balaban J connectivity index is 2.96. The van der Waals surface area contributed by atoms with Crippen LogP contribution in [0.1, 0.15) is 5.56 Å². The number of aromatic nitrogens is 1. The van der Waals surface area contributed by atoms with E-state index in [-0.39, 0.29) is 17.8 Å². The lowest BCUT2D eigenvalue weighted by molar-refractivity contribution is -0.134. The van der Waals surface area contributed by atoms with Crippen LogP contribution in [0.5, 0.6) is 0 Å². The summed E-state index contributed by atoms with van der Waals surface area (Å²) in [5.74, 6) is -1.94. The molecule has 0 saturated heterocycles. The number of carbonyl (C=O) groups excluding carboxylic acids is 1. The van der Waals surface area contributed by atoms with Crippen molar-refractivity contribution in [3.63, 3.8) is 0 Å². The monoisotopic (exact) mass is 222 g/mol. The number of pyridine rings is 1. The van der Waals surface area contributed by atoms with Gasteiger partial charge in [0.25, 0.3) is 5.91 Å². The first-order valence-electron chi connectivity index (χ1n) is 4.30. The van der Waals surface area contributed by atoms with E-state index in [9.17, 15) is 9.59 Å². The average Bonchev–Trinajstić information content (AvgIpc) is 2.25. The van der Waals surface area contributed by atoms with Gasteiger partial charge in [0, 0.05) is 11.8 Å². The van der Waals surface area contributed by atoms with Crippen molar-refractivity contribution < 1.29 is 14.7 Å². The van der Waals surface area contributed by atoms with Gasteiger partial charge in [-0.2, -0.15) is 0 Å². The van der Waals surface area contributed by atoms with E-state index in [1.54, 1.807) is 0 Å². The lowest BCUT2D eigenvalue weighted by Crippen LogP contribution is -2.25. The molecule has 0 spiro atoms. The Labute approximate surface area is 90.8 Å². The molecule has 0 unspecified atom stereocenters. The van der Waals surface area contributed by atoms with Gasteiger partial charge in [0.15, 0.2) is 0 Å². The first-order valence-corrected chi connectivity index (χ1v) is 4.30. The zero-order chi connectivity index (χ0) is 12.1.